The average Bonchev–Trinajstić information content (AvgIpc) is 3.21. The largest absolute Gasteiger partial charge is 0.417 e. The van der Waals surface area contributed by atoms with Gasteiger partial charge in [0.1, 0.15) is 17.6 Å². The molecular weight excluding hydrogens is 589 g/mol. The van der Waals surface area contributed by atoms with Crippen molar-refractivity contribution in [1.29, 1.82) is 0 Å². The van der Waals surface area contributed by atoms with Crippen molar-refractivity contribution >= 4 is 55.9 Å². The number of amides is 2. The lowest BCUT2D eigenvalue weighted by Gasteiger charge is -2.14. The first-order chi connectivity index (χ1) is 19.2. The number of imidazole rings is 1. The van der Waals surface area contributed by atoms with Gasteiger partial charge in [-0.05, 0) is 48.9 Å². The molecule has 0 aliphatic carbocycles. The van der Waals surface area contributed by atoms with Gasteiger partial charge in [-0.2, -0.15) is 21.6 Å². The van der Waals surface area contributed by atoms with Crippen LogP contribution in [0.4, 0.5) is 24.5 Å². The molecule has 4 rings (SSSR count). The van der Waals surface area contributed by atoms with Crippen LogP contribution in [-0.4, -0.2) is 43.3 Å². The average molecular weight is 611 g/mol. The number of nitrogens with one attached hydrogen (secondary N) is 2. The summed E-state index contributed by atoms with van der Waals surface area (Å²) >= 11 is 6.16. The summed E-state index contributed by atoms with van der Waals surface area (Å²) in [7, 11) is -2.81. The van der Waals surface area contributed by atoms with E-state index in [9.17, 15) is 31.2 Å². The lowest BCUT2D eigenvalue weighted by atomic mass is 10.1. The van der Waals surface area contributed by atoms with E-state index in [4.69, 9.17) is 20.6 Å². The molecule has 2 amide bonds. The molecule has 0 aliphatic rings. The third-order valence-electron chi connectivity index (χ3n) is 5.76. The van der Waals surface area contributed by atoms with Crippen molar-refractivity contribution in [2.45, 2.75) is 19.7 Å². The van der Waals surface area contributed by atoms with Crippen molar-refractivity contribution in [1.82, 2.24) is 9.71 Å². The van der Waals surface area contributed by atoms with E-state index in [0.717, 1.165) is 29.2 Å². The molecule has 1 aromatic heterocycles. The van der Waals surface area contributed by atoms with Gasteiger partial charge in [0.2, 0.25) is 0 Å². The van der Waals surface area contributed by atoms with Crippen molar-refractivity contribution in [2.75, 3.05) is 24.0 Å². The lowest BCUT2D eigenvalue weighted by molar-refractivity contribution is -0.137. The summed E-state index contributed by atoms with van der Waals surface area (Å²) in [6, 6.07) is 11.4. The highest BCUT2D eigenvalue weighted by Gasteiger charge is 2.35. The number of anilines is 2. The molecule has 0 saturated carbocycles. The van der Waals surface area contributed by atoms with Gasteiger partial charge in [0, 0.05) is 23.5 Å². The van der Waals surface area contributed by atoms with Crippen molar-refractivity contribution in [2.24, 2.45) is 0 Å². The maximum Gasteiger partial charge on any atom is 0.417 e. The van der Waals surface area contributed by atoms with Gasteiger partial charge in [-0.25, -0.2) is 4.98 Å². The third-order valence-corrected chi connectivity index (χ3v) is 6.59. The summed E-state index contributed by atoms with van der Waals surface area (Å²) in [4.78, 5) is 30.8. The molecule has 1 heterocycles. The van der Waals surface area contributed by atoms with Crippen molar-refractivity contribution in [3.8, 4) is 0 Å². The molecule has 4 aromatic rings. The summed E-state index contributed by atoms with van der Waals surface area (Å²) in [5.41, 5.74) is -1.35. The van der Waals surface area contributed by atoms with E-state index in [0.29, 0.717) is 16.3 Å². The Bertz CT molecular complexity index is 1770. The van der Waals surface area contributed by atoms with Gasteiger partial charge in [0.05, 0.1) is 22.9 Å². The van der Waals surface area contributed by atoms with Crippen LogP contribution in [0, 0.1) is 6.92 Å². The molecule has 0 bridgehead atoms. The van der Waals surface area contributed by atoms with E-state index in [1.165, 1.54) is 25.3 Å². The number of rotatable bonds is 8. The molecule has 41 heavy (non-hydrogen) atoms. The number of carbonyl (C=O) groups is 2. The molecular formula is C26H22ClF3N4O6S. The zero-order chi connectivity index (χ0) is 30.1. The molecule has 3 aromatic carbocycles. The topological polar surface area (TPSA) is 129 Å². The molecule has 0 fully saturated rings. The highest BCUT2D eigenvalue weighted by molar-refractivity contribution is 7.86. The molecule has 0 atom stereocenters. The van der Waals surface area contributed by atoms with E-state index in [1.807, 2.05) is 0 Å². The number of carbonyl (C=O) groups excluding carboxylic acids is 2. The fourth-order valence-electron chi connectivity index (χ4n) is 3.95. The fraction of sp³-hybridized carbons (Fsp3) is 0.192. The Balaban J connectivity index is 1.88. The van der Waals surface area contributed by atoms with Gasteiger partial charge in [-0.1, -0.05) is 29.8 Å². The number of fused-ring (bicyclic) bond motifs is 1. The van der Waals surface area contributed by atoms with Crippen LogP contribution in [0.5, 0.6) is 0 Å². The smallest absolute Gasteiger partial charge is 0.377 e. The Morgan fingerprint density at radius 1 is 1.02 bits per heavy atom. The van der Waals surface area contributed by atoms with E-state index in [1.54, 1.807) is 25.1 Å². The molecule has 0 saturated heterocycles. The van der Waals surface area contributed by atoms with Crippen molar-refractivity contribution in [3.05, 3.63) is 87.7 Å². The van der Waals surface area contributed by atoms with Crippen LogP contribution in [0.25, 0.3) is 11.0 Å². The van der Waals surface area contributed by atoms with Crippen LogP contribution >= 0.6 is 11.6 Å². The quantitative estimate of drug-likeness (QED) is 0.285. The number of methoxy groups -OCH3 is 1. The number of alkyl halides is 3. The van der Waals surface area contributed by atoms with Crippen LogP contribution in [0.15, 0.2) is 54.6 Å². The first kappa shape index (κ1) is 29.8. The lowest BCUT2D eigenvalue weighted by Crippen LogP contribution is -2.21. The summed E-state index contributed by atoms with van der Waals surface area (Å²) < 4.78 is 75.6. The van der Waals surface area contributed by atoms with E-state index in [2.05, 4.69) is 15.6 Å². The summed E-state index contributed by atoms with van der Waals surface area (Å²) in [5, 5.41) is 5.42. The molecule has 0 unspecified atom stereocenters. The van der Waals surface area contributed by atoms with Gasteiger partial charge in [0.15, 0.2) is 5.82 Å². The highest BCUT2D eigenvalue weighted by Crippen LogP contribution is 2.33. The van der Waals surface area contributed by atoms with Crippen LogP contribution in [-0.2, 0) is 27.6 Å². The normalized spacial score (nSPS) is 11.9. The fourth-order valence-corrected chi connectivity index (χ4v) is 4.56. The molecule has 0 spiro atoms. The van der Waals surface area contributed by atoms with Crippen molar-refractivity contribution < 1.29 is 40.2 Å². The number of hydrogen-bond donors (Lipinski definition) is 2. The maximum absolute atomic E-state index is 13.5. The zero-order valence-electron chi connectivity index (χ0n) is 21.7. The number of halogens is 4. The molecule has 15 heteroatoms. The van der Waals surface area contributed by atoms with Crippen molar-refractivity contribution in [3.63, 3.8) is 0 Å². The number of nitrogens with zero attached hydrogens (tertiary/aromatic N) is 2. The summed E-state index contributed by atoms with van der Waals surface area (Å²) in [5.74, 6) is -1.91. The Morgan fingerprint density at radius 2 is 1.71 bits per heavy atom. The summed E-state index contributed by atoms with van der Waals surface area (Å²) in [6.07, 6.45) is -4.03. The number of hydrogen-bond acceptors (Lipinski definition) is 7. The van der Waals surface area contributed by atoms with E-state index in [-0.39, 0.29) is 34.7 Å². The Labute approximate surface area is 237 Å². The Morgan fingerprint density at radius 3 is 2.37 bits per heavy atom. The molecule has 2 N–H and O–H groups in total. The Kier molecular flexibility index (Phi) is 8.29. The number of ether oxygens (including phenoxy) is 1. The van der Waals surface area contributed by atoms with Gasteiger partial charge in [-0.15, -0.1) is 4.73 Å². The predicted octanol–water partition coefficient (Wildman–Crippen LogP) is 5.06. The van der Waals surface area contributed by atoms with Gasteiger partial charge in [-0.3, -0.25) is 13.9 Å². The van der Waals surface area contributed by atoms with Gasteiger partial charge in [0.25, 0.3) is 11.8 Å². The minimum absolute atomic E-state index is 0.0356. The molecule has 10 nitrogen and oxygen atoms in total. The third kappa shape index (κ3) is 6.61. The second kappa shape index (κ2) is 11.4. The van der Waals surface area contributed by atoms with Crippen LogP contribution < -0.4 is 14.9 Å². The molecule has 216 valence electrons. The molecule has 0 radical (unpaired) electrons. The van der Waals surface area contributed by atoms with Crippen LogP contribution in [0.3, 0.4) is 0 Å². The second-order valence-electron chi connectivity index (χ2n) is 8.79. The summed E-state index contributed by atoms with van der Waals surface area (Å²) in [6.45, 7) is 1.44. The molecule has 0 aliphatic heterocycles. The van der Waals surface area contributed by atoms with Gasteiger partial charge >= 0.3 is 16.3 Å². The Hall–Kier alpha value is -4.14. The second-order valence-corrected chi connectivity index (χ2v) is 10.8. The predicted molar refractivity (Wildman–Crippen MR) is 145 cm³/mol. The monoisotopic (exact) mass is 610 g/mol. The highest BCUT2D eigenvalue weighted by atomic mass is 35.5. The SMILES string of the molecule is COCc1nc2c(C(=O)Nc3cccc(Cl)c3C)cc(NC(=O)c3ccccc3C(F)(F)F)cc2n1OS(C)(=O)=O. The van der Waals surface area contributed by atoms with Crippen LogP contribution in [0.2, 0.25) is 5.02 Å². The zero-order valence-corrected chi connectivity index (χ0v) is 23.2. The first-order valence-electron chi connectivity index (χ1n) is 11.7. The minimum Gasteiger partial charge on any atom is -0.377 e. The van der Waals surface area contributed by atoms with E-state index < -0.39 is 39.2 Å². The van der Waals surface area contributed by atoms with E-state index >= 15 is 0 Å². The minimum atomic E-state index is -4.81. The number of aromatic nitrogens is 2. The first-order valence-corrected chi connectivity index (χ1v) is 13.9. The van der Waals surface area contributed by atoms with Gasteiger partial charge < -0.3 is 15.4 Å². The van der Waals surface area contributed by atoms with Crippen LogP contribution in [0.1, 0.15) is 37.7 Å². The standard InChI is InChI=1S/C26H22ClF3N4O6S/c1-14-19(27)9-6-10-20(14)32-25(36)17-11-15(31-24(35)16-7-4-5-8-18(16)26(28,29)30)12-21-23(17)33-22(13-39-2)34(21)40-41(3,37)38/h4-12H,13H2,1-3H3,(H,31,35)(H,32,36). The maximum atomic E-state index is 13.5. The number of benzene rings is 3.